The average molecular weight is 356 g/mol. The molecule has 0 saturated carbocycles. The van der Waals surface area contributed by atoms with E-state index in [1.165, 1.54) is 6.07 Å². The summed E-state index contributed by atoms with van der Waals surface area (Å²) in [5, 5.41) is 6.13. The summed E-state index contributed by atoms with van der Waals surface area (Å²) in [5.74, 6) is 0.549. The molecule has 0 aliphatic rings. The van der Waals surface area contributed by atoms with E-state index in [4.69, 9.17) is 4.74 Å². The number of nitrogens with zero attached hydrogens (tertiary/aromatic N) is 2. The lowest BCUT2D eigenvalue weighted by molar-refractivity contribution is 0.340. The Hall–Kier alpha value is -3.22. The predicted octanol–water partition coefficient (Wildman–Crippen LogP) is 4.95. The van der Waals surface area contributed by atoms with Crippen LogP contribution in [0.5, 0.6) is 5.75 Å². The minimum absolute atomic E-state index is 0.397. The highest BCUT2D eigenvalue weighted by Crippen LogP contribution is 2.23. The summed E-state index contributed by atoms with van der Waals surface area (Å²) < 4.78 is 31.8. The van der Waals surface area contributed by atoms with Crippen LogP contribution in [-0.4, -0.2) is 16.6 Å². The highest BCUT2D eigenvalue weighted by Gasteiger charge is 2.06. The molecule has 0 saturated heterocycles. The quantitative estimate of drug-likeness (QED) is 0.654. The molecule has 7 heteroatoms. The number of aromatic nitrogens is 2. The maximum absolute atomic E-state index is 13.3. The highest BCUT2D eigenvalue weighted by atomic mass is 19.2. The van der Waals surface area contributed by atoms with Gasteiger partial charge in [-0.1, -0.05) is 0 Å². The van der Waals surface area contributed by atoms with E-state index in [0.717, 1.165) is 23.6 Å². The van der Waals surface area contributed by atoms with Gasteiger partial charge < -0.3 is 15.4 Å². The van der Waals surface area contributed by atoms with Crippen LogP contribution in [0.25, 0.3) is 0 Å². The second-order valence-electron chi connectivity index (χ2n) is 5.52. The standard InChI is InChI=1S/C19H18F2N4O/c1-3-26-15-7-4-13(5-8-15)24-18-11-19(23-12(2)22-18)25-14-6-9-16(20)17(21)10-14/h4-11H,3H2,1-2H3,(H2,22,23,24,25). The molecule has 26 heavy (non-hydrogen) atoms. The molecular weight excluding hydrogens is 338 g/mol. The van der Waals surface area contributed by atoms with Crippen molar-refractivity contribution in [3.05, 3.63) is 66.0 Å². The third-order valence-electron chi connectivity index (χ3n) is 3.47. The molecule has 0 aliphatic heterocycles. The topological polar surface area (TPSA) is 59.1 Å². The fourth-order valence-corrected chi connectivity index (χ4v) is 2.37. The van der Waals surface area contributed by atoms with Gasteiger partial charge >= 0.3 is 0 Å². The number of hydrogen-bond acceptors (Lipinski definition) is 5. The van der Waals surface area contributed by atoms with Gasteiger partial charge in [-0.3, -0.25) is 0 Å². The maximum atomic E-state index is 13.3. The first-order valence-corrected chi connectivity index (χ1v) is 8.11. The first-order valence-electron chi connectivity index (χ1n) is 8.11. The van der Waals surface area contributed by atoms with Gasteiger partial charge in [0.2, 0.25) is 0 Å². The van der Waals surface area contributed by atoms with Gasteiger partial charge in [0.15, 0.2) is 11.6 Å². The molecule has 134 valence electrons. The largest absolute Gasteiger partial charge is 0.494 e. The Kier molecular flexibility index (Phi) is 5.26. The average Bonchev–Trinajstić information content (AvgIpc) is 2.60. The molecule has 3 rings (SSSR count). The molecule has 3 aromatic rings. The summed E-state index contributed by atoms with van der Waals surface area (Å²) in [6.07, 6.45) is 0. The fraction of sp³-hybridized carbons (Fsp3) is 0.158. The number of nitrogens with one attached hydrogen (secondary N) is 2. The van der Waals surface area contributed by atoms with E-state index in [-0.39, 0.29) is 0 Å². The van der Waals surface area contributed by atoms with Gasteiger partial charge in [-0.15, -0.1) is 0 Å². The lowest BCUT2D eigenvalue weighted by atomic mass is 10.3. The number of aryl methyl sites for hydroxylation is 1. The summed E-state index contributed by atoms with van der Waals surface area (Å²) in [6.45, 7) is 4.29. The van der Waals surface area contributed by atoms with Crippen LogP contribution in [0.1, 0.15) is 12.7 Å². The third-order valence-corrected chi connectivity index (χ3v) is 3.47. The molecule has 1 heterocycles. The number of anilines is 4. The molecule has 0 radical (unpaired) electrons. The molecule has 0 amide bonds. The van der Waals surface area contributed by atoms with Crippen LogP contribution in [0, 0.1) is 18.6 Å². The van der Waals surface area contributed by atoms with E-state index in [1.807, 2.05) is 31.2 Å². The molecule has 0 atom stereocenters. The highest BCUT2D eigenvalue weighted by molar-refractivity contribution is 5.63. The minimum Gasteiger partial charge on any atom is -0.494 e. The number of halogens is 2. The van der Waals surface area contributed by atoms with E-state index in [9.17, 15) is 8.78 Å². The molecule has 2 N–H and O–H groups in total. The Morgan fingerprint density at radius 3 is 2.08 bits per heavy atom. The smallest absolute Gasteiger partial charge is 0.160 e. The van der Waals surface area contributed by atoms with Crippen molar-refractivity contribution in [3.63, 3.8) is 0 Å². The van der Waals surface area contributed by atoms with Crippen molar-refractivity contribution in [3.8, 4) is 5.75 Å². The van der Waals surface area contributed by atoms with Crippen molar-refractivity contribution in [1.29, 1.82) is 0 Å². The molecule has 0 bridgehead atoms. The summed E-state index contributed by atoms with van der Waals surface area (Å²) >= 11 is 0. The SMILES string of the molecule is CCOc1ccc(Nc2cc(Nc3ccc(F)c(F)c3)nc(C)n2)cc1. The Bertz CT molecular complexity index is 901. The number of benzene rings is 2. The van der Waals surface area contributed by atoms with Crippen LogP contribution >= 0.6 is 0 Å². The zero-order valence-electron chi connectivity index (χ0n) is 14.4. The predicted molar refractivity (Wildman–Crippen MR) is 97.3 cm³/mol. The number of ether oxygens (including phenoxy) is 1. The van der Waals surface area contributed by atoms with Crippen LogP contribution in [-0.2, 0) is 0 Å². The van der Waals surface area contributed by atoms with Crippen molar-refractivity contribution in [2.75, 3.05) is 17.2 Å². The van der Waals surface area contributed by atoms with Gasteiger partial charge in [0.05, 0.1) is 6.61 Å². The van der Waals surface area contributed by atoms with Crippen molar-refractivity contribution in [2.24, 2.45) is 0 Å². The normalized spacial score (nSPS) is 10.5. The van der Waals surface area contributed by atoms with E-state index >= 15 is 0 Å². The van der Waals surface area contributed by atoms with E-state index in [1.54, 1.807) is 13.0 Å². The molecule has 0 aliphatic carbocycles. The fourth-order valence-electron chi connectivity index (χ4n) is 2.37. The molecule has 0 fully saturated rings. The van der Waals surface area contributed by atoms with Crippen LogP contribution in [0.3, 0.4) is 0 Å². The molecule has 0 spiro atoms. The van der Waals surface area contributed by atoms with E-state index in [2.05, 4.69) is 20.6 Å². The molecule has 5 nitrogen and oxygen atoms in total. The van der Waals surface area contributed by atoms with Crippen LogP contribution in [0.15, 0.2) is 48.5 Å². The zero-order chi connectivity index (χ0) is 18.5. The van der Waals surface area contributed by atoms with Crippen molar-refractivity contribution < 1.29 is 13.5 Å². The van der Waals surface area contributed by atoms with Crippen molar-refractivity contribution in [1.82, 2.24) is 9.97 Å². The number of rotatable bonds is 6. The van der Waals surface area contributed by atoms with Gasteiger partial charge in [0.1, 0.15) is 23.2 Å². The van der Waals surface area contributed by atoms with Gasteiger partial charge in [-0.05, 0) is 50.2 Å². The van der Waals surface area contributed by atoms with E-state index in [0.29, 0.717) is 29.8 Å². The second kappa shape index (κ2) is 7.77. The molecular formula is C19H18F2N4O. The van der Waals surface area contributed by atoms with Gasteiger partial charge in [0, 0.05) is 23.5 Å². The lowest BCUT2D eigenvalue weighted by Crippen LogP contribution is -2.02. The first kappa shape index (κ1) is 17.6. The summed E-state index contributed by atoms with van der Waals surface area (Å²) in [6, 6.07) is 12.7. The lowest BCUT2D eigenvalue weighted by Gasteiger charge is -2.11. The van der Waals surface area contributed by atoms with E-state index < -0.39 is 11.6 Å². The van der Waals surface area contributed by atoms with Crippen LogP contribution in [0.2, 0.25) is 0 Å². The summed E-state index contributed by atoms with van der Waals surface area (Å²) in [7, 11) is 0. The monoisotopic (exact) mass is 356 g/mol. The maximum Gasteiger partial charge on any atom is 0.160 e. The van der Waals surface area contributed by atoms with Gasteiger partial charge in [-0.25, -0.2) is 18.7 Å². The van der Waals surface area contributed by atoms with Crippen LogP contribution in [0.4, 0.5) is 31.8 Å². The third kappa shape index (κ3) is 4.44. The molecule has 2 aromatic carbocycles. The second-order valence-corrected chi connectivity index (χ2v) is 5.52. The number of hydrogen-bond donors (Lipinski definition) is 2. The molecule has 1 aromatic heterocycles. The van der Waals surface area contributed by atoms with Gasteiger partial charge in [0.25, 0.3) is 0 Å². The van der Waals surface area contributed by atoms with Crippen LogP contribution < -0.4 is 15.4 Å². The Morgan fingerprint density at radius 2 is 1.46 bits per heavy atom. The Labute approximate surface area is 150 Å². The van der Waals surface area contributed by atoms with Crippen molar-refractivity contribution in [2.45, 2.75) is 13.8 Å². The zero-order valence-corrected chi connectivity index (χ0v) is 14.4. The molecule has 0 unspecified atom stereocenters. The summed E-state index contributed by atoms with van der Waals surface area (Å²) in [5.41, 5.74) is 1.24. The van der Waals surface area contributed by atoms with Gasteiger partial charge in [-0.2, -0.15) is 0 Å². The minimum atomic E-state index is -0.923. The summed E-state index contributed by atoms with van der Waals surface area (Å²) in [4.78, 5) is 8.60. The van der Waals surface area contributed by atoms with Crippen molar-refractivity contribution >= 4 is 23.0 Å². The Balaban J connectivity index is 1.77. The Morgan fingerprint density at radius 1 is 0.846 bits per heavy atom. The first-order chi connectivity index (χ1) is 12.5.